The predicted octanol–water partition coefficient (Wildman–Crippen LogP) is 1.37. The third-order valence-corrected chi connectivity index (χ3v) is 1.51. The molecule has 0 aliphatic carbocycles. The van der Waals surface area contributed by atoms with Crippen molar-refractivity contribution in [3.8, 4) is 0 Å². The Morgan fingerprint density at radius 2 is 2.31 bits per heavy atom. The molecule has 0 saturated heterocycles. The van der Waals surface area contributed by atoms with Gasteiger partial charge in [0.15, 0.2) is 0 Å². The van der Waals surface area contributed by atoms with Crippen LogP contribution in [0, 0.1) is 13.8 Å². The standard InChI is InChI=1S/C9H12N2O2/c1-6-4-9(7(2)13-6)5-10-11-8(3)12/h4-5H,1-3H3,(H,11,12)/b10-5+. The molecule has 0 bridgehead atoms. The number of nitrogens with one attached hydrogen (secondary N) is 1. The van der Waals surface area contributed by atoms with Crippen molar-refractivity contribution in [1.29, 1.82) is 0 Å². The SMILES string of the molecule is CC(=O)N/N=C/c1cc(C)oc1C. The van der Waals surface area contributed by atoms with Gasteiger partial charge in [-0.1, -0.05) is 0 Å². The lowest BCUT2D eigenvalue weighted by molar-refractivity contribution is -0.118. The van der Waals surface area contributed by atoms with E-state index in [2.05, 4.69) is 10.5 Å². The Morgan fingerprint density at radius 1 is 1.62 bits per heavy atom. The Labute approximate surface area is 76.6 Å². The molecule has 4 heteroatoms. The Balaban J connectivity index is 2.68. The molecule has 0 aliphatic rings. The first kappa shape index (κ1) is 9.51. The Kier molecular flexibility index (Phi) is 2.84. The van der Waals surface area contributed by atoms with Gasteiger partial charge in [-0.3, -0.25) is 4.79 Å². The number of hydrazone groups is 1. The van der Waals surface area contributed by atoms with Crippen molar-refractivity contribution in [3.63, 3.8) is 0 Å². The maximum Gasteiger partial charge on any atom is 0.236 e. The van der Waals surface area contributed by atoms with Crippen LogP contribution in [0.3, 0.4) is 0 Å². The molecule has 1 N–H and O–H groups in total. The molecular weight excluding hydrogens is 168 g/mol. The predicted molar refractivity (Wildman–Crippen MR) is 49.6 cm³/mol. The fourth-order valence-electron chi connectivity index (χ4n) is 0.971. The fourth-order valence-corrected chi connectivity index (χ4v) is 0.971. The second kappa shape index (κ2) is 3.89. The van der Waals surface area contributed by atoms with Crippen molar-refractivity contribution < 1.29 is 9.21 Å². The van der Waals surface area contributed by atoms with Crippen LogP contribution >= 0.6 is 0 Å². The van der Waals surface area contributed by atoms with Gasteiger partial charge in [-0.25, -0.2) is 5.43 Å². The van der Waals surface area contributed by atoms with E-state index in [1.807, 2.05) is 19.9 Å². The molecule has 0 fully saturated rings. The number of hydrogen-bond acceptors (Lipinski definition) is 3. The summed E-state index contributed by atoms with van der Waals surface area (Å²) in [6, 6.07) is 1.86. The summed E-state index contributed by atoms with van der Waals surface area (Å²) in [5, 5.41) is 3.73. The maximum atomic E-state index is 10.5. The van der Waals surface area contributed by atoms with E-state index >= 15 is 0 Å². The first-order chi connectivity index (χ1) is 6.09. The molecule has 70 valence electrons. The largest absolute Gasteiger partial charge is 0.466 e. The number of furan rings is 1. The summed E-state index contributed by atoms with van der Waals surface area (Å²) < 4.78 is 5.27. The normalized spacial score (nSPS) is 10.7. The van der Waals surface area contributed by atoms with Gasteiger partial charge in [0.05, 0.1) is 6.21 Å². The van der Waals surface area contributed by atoms with Gasteiger partial charge in [0.25, 0.3) is 0 Å². The van der Waals surface area contributed by atoms with Crippen molar-refractivity contribution in [2.45, 2.75) is 20.8 Å². The molecule has 0 atom stereocenters. The molecule has 0 unspecified atom stereocenters. The van der Waals surface area contributed by atoms with Crippen LogP contribution in [0.1, 0.15) is 24.0 Å². The number of hydrogen-bond donors (Lipinski definition) is 1. The summed E-state index contributed by atoms with van der Waals surface area (Å²) in [5.41, 5.74) is 3.20. The molecule has 13 heavy (non-hydrogen) atoms. The lowest BCUT2D eigenvalue weighted by Crippen LogP contribution is -2.12. The Morgan fingerprint density at radius 3 is 2.77 bits per heavy atom. The minimum atomic E-state index is -0.186. The summed E-state index contributed by atoms with van der Waals surface area (Å²) in [4.78, 5) is 10.5. The zero-order valence-electron chi connectivity index (χ0n) is 7.92. The molecular formula is C9H12N2O2. The average Bonchev–Trinajstić information content (AvgIpc) is 2.29. The second-order valence-corrected chi connectivity index (χ2v) is 2.79. The van der Waals surface area contributed by atoms with Crippen molar-refractivity contribution >= 4 is 12.1 Å². The van der Waals surface area contributed by atoms with Crippen molar-refractivity contribution in [2.75, 3.05) is 0 Å². The van der Waals surface area contributed by atoms with E-state index in [1.54, 1.807) is 6.21 Å². The van der Waals surface area contributed by atoms with E-state index in [9.17, 15) is 4.79 Å². The molecule has 1 aromatic rings. The highest BCUT2D eigenvalue weighted by atomic mass is 16.3. The van der Waals surface area contributed by atoms with Gasteiger partial charge in [0, 0.05) is 12.5 Å². The van der Waals surface area contributed by atoms with Gasteiger partial charge in [0.2, 0.25) is 5.91 Å². The van der Waals surface area contributed by atoms with Crippen LogP contribution in [0.5, 0.6) is 0 Å². The van der Waals surface area contributed by atoms with Crippen LogP contribution in [0.2, 0.25) is 0 Å². The Hall–Kier alpha value is -1.58. The molecule has 1 rings (SSSR count). The summed E-state index contributed by atoms with van der Waals surface area (Å²) in [6.07, 6.45) is 1.56. The molecule has 4 nitrogen and oxygen atoms in total. The third-order valence-electron chi connectivity index (χ3n) is 1.51. The highest BCUT2D eigenvalue weighted by Gasteiger charge is 2.00. The number of nitrogens with zero attached hydrogens (tertiary/aromatic N) is 1. The lowest BCUT2D eigenvalue weighted by atomic mass is 10.3. The summed E-state index contributed by atoms with van der Waals surface area (Å²) in [5.74, 6) is 1.45. The van der Waals surface area contributed by atoms with E-state index in [0.717, 1.165) is 17.1 Å². The molecule has 0 aromatic carbocycles. The van der Waals surface area contributed by atoms with Crippen LogP contribution in [0.15, 0.2) is 15.6 Å². The van der Waals surface area contributed by atoms with Crippen LogP contribution in [-0.2, 0) is 4.79 Å². The van der Waals surface area contributed by atoms with Gasteiger partial charge in [0.1, 0.15) is 11.5 Å². The highest BCUT2D eigenvalue weighted by Crippen LogP contribution is 2.10. The lowest BCUT2D eigenvalue weighted by Gasteiger charge is -1.89. The highest BCUT2D eigenvalue weighted by molar-refractivity contribution is 5.82. The molecule has 0 aliphatic heterocycles. The topological polar surface area (TPSA) is 54.6 Å². The summed E-state index contributed by atoms with van der Waals surface area (Å²) >= 11 is 0. The van der Waals surface area contributed by atoms with Gasteiger partial charge >= 0.3 is 0 Å². The van der Waals surface area contributed by atoms with E-state index < -0.39 is 0 Å². The van der Waals surface area contributed by atoms with Gasteiger partial charge in [-0.05, 0) is 19.9 Å². The van der Waals surface area contributed by atoms with Crippen molar-refractivity contribution in [1.82, 2.24) is 5.43 Å². The quantitative estimate of drug-likeness (QED) is 0.552. The van der Waals surface area contributed by atoms with E-state index in [0.29, 0.717) is 0 Å². The van der Waals surface area contributed by atoms with Crippen LogP contribution in [0.4, 0.5) is 0 Å². The third kappa shape index (κ3) is 2.74. The smallest absolute Gasteiger partial charge is 0.236 e. The van der Waals surface area contributed by atoms with Gasteiger partial charge in [-0.15, -0.1) is 0 Å². The summed E-state index contributed by atoms with van der Waals surface area (Å²) in [6.45, 7) is 5.12. The first-order valence-corrected chi connectivity index (χ1v) is 3.96. The average molecular weight is 180 g/mol. The van der Waals surface area contributed by atoms with Crippen molar-refractivity contribution in [3.05, 3.63) is 23.2 Å². The zero-order valence-corrected chi connectivity index (χ0v) is 7.92. The zero-order chi connectivity index (χ0) is 9.84. The van der Waals surface area contributed by atoms with Crippen LogP contribution in [-0.4, -0.2) is 12.1 Å². The van der Waals surface area contributed by atoms with Crippen LogP contribution in [0.25, 0.3) is 0 Å². The molecule has 1 amide bonds. The first-order valence-electron chi connectivity index (χ1n) is 3.96. The maximum absolute atomic E-state index is 10.5. The molecule has 1 heterocycles. The summed E-state index contributed by atoms with van der Waals surface area (Å²) in [7, 11) is 0. The minimum Gasteiger partial charge on any atom is -0.466 e. The number of rotatable bonds is 2. The molecule has 0 saturated carbocycles. The Bertz CT molecular complexity index is 339. The van der Waals surface area contributed by atoms with Gasteiger partial charge in [-0.2, -0.15) is 5.10 Å². The number of carbonyl (C=O) groups is 1. The van der Waals surface area contributed by atoms with Crippen molar-refractivity contribution in [2.24, 2.45) is 5.10 Å². The van der Waals surface area contributed by atoms with E-state index in [-0.39, 0.29) is 5.91 Å². The number of carbonyl (C=O) groups excluding carboxylic acids is 1. The molecule has 1 aromatic heterocycles. The van der Waals surface area contributed by atoms with Gasteiger partial charge < -0.3 is 4.42 Å². The number of aryl methyl sites for hydroxylation is 2. The fraction of sp³-hybridized carbons (Fsp3) is 0.333. The molecule has 0 radical (unpaired) electrons. The van der Waals surface area contributed by atoms with E-state index in [4.69, 9.17) is 4.42 Å². The van der Waals surface area contributed by atoms with E-state index in [1.165, 1.54) is 6.92 Å². The number of amides is 1. The minimum absolute atomic E-state index is 0.186. The molecule has 0 spiro atoms. The van der Waals surface area contributed by atoms with Crippen LogP contribution < -0.4 is 5.43 Å². The second-order valence-electron chi connectivity index (χ2n) is 2.79. The monoisotopic (exact) mass is 180 g/mol.